The lowest BCUT2D eigenvalue weighted by Crippen LogP contribution is -2.24. The Labute approximate surface area is 153 Å². The number of benzene rings is 2. The van der Waals surface area contributed by atoms with Gasteiger partial charge in [-0.1, -0.05) is 35.9 Å². The van der Waals surface area contributed by atoms with Gasteiger partial charge in [-0.25, -0.2) is 9.97 Å². The number of hydrogen-bond donors (Lipinski definition) is 2. The third-order valence-corrected chi connectivity index (χ3v) is 4.20. The molecule has 1 amide bonds. The van der Waals surface area contributed by atoms with Crippen molar-refractivity contribution in [2.45, 2.75) is 27.3 Å². The van der Waals surface area contributed by atoms with E-state index in [1.807, 2.05) is 37.3 Å². The van der Waals surface area contributed by atoms with Crippen molar-refractivity contribution in [3.8, 4) is 0 Å². The summed E-state index contributed by atoms with van der Waals surface area (Å²) in [4.78, 5) is 20.7. The number of aromatic nitrogens is 2. The third-order valence-electron chi connectivity index (χ3n) is 4.20. The zero-order chi connectivity index (χ0) is 18.5. The lowest BCUT2D eigenvalue weighted by atomic mass is 10.1. The van der Waals surface area contributed by atoms with Crippen molar-refractivity contribution in [2.24, 2.45) is 0 Å². The molecule has 0 fully saturated rings. The second-order valence-corrected chi connectivity index (χ2v) is 6.38. The van der Waals surface area contributed by atoms with E-state index in [0.717, 1.165) is 11.3 Å². The van der Waals surface area contributed by atoms with Crippen LogP contribution in [-0.4, -0.2) is 15.9 Å². The molecule has 0 atom stereocenters. The fourth-order valence-corrected chi connectivity index (χ4v) is 2.57. The number of carbonyl (C=O) groups is 1. The first-order chi connectivity index (χ1) is 12.5. The SMILES string of the molecule is Cc1cccc(CNC(=O)c2cnc(Nc3ccc(C)c(C)c3)cn2)c1. The van der Waals surface area contributed by atoms with Crippen LogP contribution in [0.25, 0.3) is 0 Å². The van der Waals surface area contributed by atoms with E-state index >= 15 is 0 Å². The highest BCUT2D eigenvalue weighted by molar-refractivity contribution is 5.92. The van der Waals surface area contributed by atoms with Gasteiger partial charge in [-0.3, -0.25) is 4.79 Å². The molecule has 0 spiro atoms. The second-order valence-electron chi connectivity index (χ2n) is 6.38. The highest BCUT2D eigenvalue weighted by Crippen LogP contribution is 2.17. The first-order valence-corrected chi connectivity index (χ1v) is 8.51. The molecule has 0 aliphatic heterocycles. The van der Waals surface area contributed by atoms with Crippen LogP contribution in [0.15, 0.2) is 54.9 Å². The van der Waals surface area contributed by atoms with Crippen LogP contribution in [-0.2, 0) is 6.54 Å². The maximum atomic E-state index is 12.2. The van der Waals surface area contributed by atoms with Gasteiger partial charge in [-0.2, -0.15) is 0 Å². The zero-order valence-electron chi connectivity index (χ0n) is 15.2. The molecule has 0 saturated carbocycles. The quantitative estimate of drug-likeness (QED) is 0.731. The van der Waals surface area contributed by atoms with Crippen LogP contribution in [0.4, 0.5) is 11.5 Å². The van der Waals surface area contributed by atoms with Crippen molar-refractivity contribution < 1.29 is 4.79 Å². The molecule has 2 N–H and O–H groups in total. The van der Waals surface area contributed by atoms with Gasteiger partial charge in [0.05, 0.1) is 12.4 Å². The van der Waals surface area contributed by atoms with Gasteiger partial charge in [-0.15, -0.1) is 0 Å². The summed E-state index contributed by atoms with van der Waals surface area (Å²) in [5.41, 5.74) is 5.90. The van der Waals surface area contributed by atoms with Gasteiger partial charge < -0.3 is 10.6 Å². The van der Waals surface area contributed by atoms with E-state index in [4.69, 9.17) is 0 Å². The number of amides is 1. The molecule has 3 rings (SSSR count). The molecule has 5 heteroatoms. The Hall–Kier alpha value is -3.21. The molecule has 1 aromatic heterocycles. The second kappa shape index (κ2) is 7.78. The summed E-state index contributed by atoms with van der Waals surface area (Å²) in [5.74, 6) is 0.361. The van der Waals surface area contributed by atoms with Gasteiger partial charge in [-0.05, 0) is 49.6 Å². The number of rotatable bonds is 5. The van der Waals surface area contributed by atoms with Crippen molar-refractivity contribution in [3.05, 3.63) is 82.8 Å². The van der Waals surface area contributed by atoms with Gasteiger partial charge in [0.15, 0.2) is 0 Å². The summed E-state index contributed by atoms with van der Waals surface area (Å²) in [7, 11) is 0. The number of nitrogens with zero attached hydrogens (tertiary/aromatic N) is 2. The van der Waals surface area contributed by atoms with Crippen molar-refractivity contribution in [1.29, 1.82) is 0 Å². The van der Waals surface area contributed by atoms with Crippen molar-refractivity contribution >= 4 is 17.4 Å². The molecule has 0 aliphatic rings. The first-order valence-electron chi connectivity index (χ1n) is 8.51. The number of nitrogens with one attached hydrogen (secondary N) is 2. The molecule has 2 aromatic carbocycles. The van der Waals surface area contributed by atoms with E-state index in [1.165, 1.54) is 22.9 Å². The molecular formula is C21H22N4O. The Balaban J connectivity index is 1.61. The van der Waals surface area contributed by atoms with E-state index < -0.39 is 0 Å². The van der Waals surface area contributed by atoms with Crippen LogP contribution < -0.4 is 10.6 Å². The Morgan fingerprint density at radius 1 is 0.962 bits per heavy atom. The van der Waals surface area contributed by atoms with Crippen molar-refractivity contribution in [2.75, 3.05) is 5.32 Å². The van der Waals surface area contributed by atoms with Crippen LogP contribution in [0.3, 0.4) is 0 Å². The Kier molecular flexibility index (Phi) is 5.27. The molecule has 3 aromatic rings. The summed E-state index contributed by atoms with van der Waals surface area (Å²) in [6.45, 7) is 6.62. The monoisotopic (exact) mass is 346 g/mol. The summed E-state index contributed by atoms with van der Waals surface area (Å²) in [5, 5.41) is 6.06. The summed E-state index contributed by atoms with van der Waals surface area (Å²) >= 11 is 0. The van der Waals surface area contributed by atoms with Crippen molar-refractivity contribution in [3.63, 3.8) is 0 Å². The molecule has 0 bridgehead atoms. The number of anilines is 2. The molecule has 1 heterocycles. The lowest BCUT2D eigenvalue weighted by molar-refractivity contribution is 0.0945. The van der Waals surface area contributed by atoms with E-state index in [9.17, 15) is 4.79 Å². The normalized spacial score (nSPS) is 10.4. The maximum absolute atomic E-state index is 12.2. The molecule has 0 saturated heterocycles. The molecule has 132 valence electrons. The summed E-state index contributed by atoms with van der Waals surface area (Å²) in [6.07, 6.45) is 3.05. The summed E-state index contributed by atoms with van der Waals surface area (Å²) in [6, 6.07) is 14.1. The molecule has 0 unspecified atom stereocenters. The predicted molar refractivity (Wildman–Crippen MR) is 104 cm³/mol. The predicted octanol–water partition coefficient (Wildman–Crippen LogP) is 4.08. The minimum Gasteiger partial charge on any atom is -0.347 e. The highest BCUT2D eigenvalue weighted by atomic mass is 16.1. The van der Waals surface area contributed by atoms with Gasteiger partial charge in [0.2, 0.25) is 0 Å². The first kappa shape index (κ1) is 17.6. The van der Waals surface area contributed by atoms with Gasteiger partial charge in [0, 0.05) is 12.2 Å². The largest absolute Gasteiger partial charge is 0.347 e. The molecule has 26 heavy (non-hydrogen) atoms. The maximum Gasteiger partial charge on any atom is 0.271 e. The van der Waals surface area contributed by atoms with Crippen LogP contribution >= 0.6 is 0 Å². The van der Waals surface area contributed by atoms with Crippen LogP contribution in [0.1, 0.15) is 32.7 Å². The van der Waals surface area contributed by atoms with Gasteiger partial charge in [0.1, 0.15) is 11.5 Å². The topological polar surface area (TPSA) is 66.9 Å². The molecule has 0 radical (unpaired) electrons. The fourth-order valence-electron chi connectivity index (χ4n) is 2.57. The van der Waals surface area contributed by atoms with Crippen LogP contribution in [0, 0.1) is 20.8 Å². The number of aryl methyl sites for hydroxylation is 3. The van der Waals surface area contributed by atoms with Crippen LogP contribution in [0.5, 0.6) is 0 Å². The van der Waals surface area contributed by atoms with Crippen molar-refractivity contribution in [1.82, 2.24) is 15.3 Å². The van der Waals surface area contributed by atoms with Gasteiger partial charge >= 0.3 is 0 Å². The standard InChI is InChI=1S/C21H22N4O/c1-14-5-4-6-17(9-14)11-24-21(26)19-12-23-20(13-22-19)25-18-8-7-15(2)16(3)10-18/h4-10,12-13H,11H2,1-3H3,(H,23,25)(H,24,26). The van der Waals surface area contributed by atoms with E-state index in [1.54, 1.807) is 6.20 Å². The van der Waals surface area contributed by atoms with E-state index in [-0.39, 0.29) is 5.91 Å². The number of hydrogen-bond acceptors (Lipinski definition) is 4. The minimum atomic E-state index is -0.239. The summed E-state index contributed by atoms with van der Waals surface area (Å²) < 4.78 is 0. The van der Waals surface area contributed by atoms with Crippen LogP contribution in [0.2, 0.25) is 0 Å². The highest BCUT2D eigenvalue weighted by Gasteiger charge is 2.08. The Bertz CT molecular complexity index is 920. The Morgan fingerprint density at radius 3 is 2.50 bits per heavy atom. The number of carbonyl (C=O) groups excluding carboxylic acids is 1. The van der Waals surface area contributed by atoms with E-state index in [2.05, 4.69) is 46.6 Å². The molecule has 5 nitrogen and oxygen atoms in total. The average molecular weight is 346 g/mol. The lowest BCUT2D eigenvalue weighted by Gasteiger charge is -2.09. The van der Waals surface area contributed by atoms with E-state index in [0.29, 0.717) is 18.1 Å². The zero-order valence-corrected chi connectivity index (χ0v) is 15.2. The fraction of sp³-hybridized carbons (Fsp3) is 0.190. The molecule has 0 aliphatic carbocycles. The minimum absolute atomic E-state index is 0.239. The Morgan fingerprint density at radius 2 is 1.81 bits per heavy atom. The smallest absolute Gasteiger partial charge is 0.271 e. The average Bonchev–Trinajstić information content (AvgIpc) is 2.63. The third kappa shape index (κ3) is 4.45. The molecular weight excluding hydrogens is 324 g/mol. The van der Waals surface area contributed by atoms with Gasteiger partial charge in [0.25, 0.3) is 5.91 Å².